The van der Waals surface area contributed by atoms with Crippen LogP contribution in [0.3, 0.4) is 0 Å². The predicted molar refractivity (Wildman–Crippen MR) is 151 cm³/mol. The van der Waals surface area contributed by atoms with Crippen LogP contribution in [0.1, 0.15) is 31.8 Å². The van der Waals surface area contributed by atoms with Gasteiger partial charge in [0.15, 0.2) is 0 Å². The fraction of sp³-hybridized carbons (Fsp3) is 0.161. The SMILES string of the molecule is COc1ccc(C(=O)Nc2ccc(Cc3ccc(NC(=O)c4ccc(OC)cc4OC)cc3)cc2)c(OC)c1. The summed E-state index contributed by atoms with van der Waals surface area (Å²) in [5.41, 5.74) is 4.34. The molecular formula is C31H30N2O6. The van der Waals surface area contributed by atoms with E-state index in [2.05, 4.69) is 10.6 Å². The number of carbonyl (C=O) groups excluding carboxylic acids is 2. The summed E-state index contributed by atoms with van der Waals surface area (Å²) in [6.45, 7) is 0. The number of rotatable bonds is 10. The van der Waals surface area contributed by atoms with E-state index in [0.29, 0.717) is 51.9 Å². The van der Waals surface area contributed by atoms with Crippen molar-refractivity contribution in [3.8, 4) is 23.0 Å². The van der Waals surface area contributed by atoms with E-state index < -0.39 is 0 Å². The topological polar surface area (TPSA) is 95.1 Å². The first-order valence-corrected chi connectivity index (χ1v) is 12.2. The Kier molecular flexibility index (Phi) is 8.68. The largest absolute Gasteiger partial charge is 0.497 e. The van der Waals surface area contributed by atoms with E-state index in [9.17, 15) is 9.59 Å². The van der Waals surface area contributed by atoms with Crippen LogP contribution in [0.5, 0.6) is 23.0 Å². The van der Waals surface area contributed by atoms with Crippen LogP contribution < -0.4 is 29.6 Å². The first-order chi connectivity index (χ1) is 18.9. The fourth-order valence-corrected chi connectivity index (χ4v) is 4.02. The van der Waals surface area contributed by atoms with Crippen LogP contribution >= 0.6 is 0 Å². The minimum atomic E-state index is -0.271. The molecule has 8 heteroatoms. The van der Waals surface area contributed by atoms with Crippen molar-refractivity contribution in [2.45, 2.75) is 6.42 Å². The third kappa shape index (κ3) is 6.67. The second-order valence-corrected chi connectivity index (χ2v) is 8.61. The average molecular weight is 527 g/mol. The molecule has 200 valence electrons. The van der Waals surface area contributed by atoms with Crippen molar-refractivity contribution in [1.29, 1.82) is 0 Å². The van der Waals surface area contributed by atoms with E-state index >= 15 is 0 Å². The molecule has 0 saturated carbocycles. The number of hydrogen-bond donors (Lipinski definition) is 2. The molecule has 8 nitrogen and oxygen atoms in total. The predicted octanol–water partition coefficient (Wildman–Crippen LogP) is 5.82. The van der Waals surface area contributed by atoms with Crippen molar-refractivity contribution in [1.82, 2.24) is 0 Å². The van der Waals surface area contributed by atoms with Crippen molar-refractivity contribution in [2.75, 3.05) is 39.1 Å². The van der Waals surface area contributed by atoms with Crippen molar-refractivity contribution < 1.29 is 28.5 Å². The molecule has 2 amide bonds. The Labute approximate surface area is 227 Å². The van der Waals surface area contributed by atoms with Gasteiger partial charge in [0.25, 0.3) is 11.8 Å². The highest BCUT2D eigenvalue weighted by Crippen LogP contribution is 2.27. The summed E-state index contributed by atoms with van der Waals surface area (Å²) in [7, 11) is 6.14. The lowest BCUT2D eigenvalue weighted by atomic mass is 10.0. The number of nitrogens with one attached hydrogen (secondary N) is 2. The van der Waals surface area contributed by atoms with E-state index in [1.54, 1.807) is 50.6 Å². The smallest absolute Gasteiger partial charge is 0.259 e. The van der Waals surface area contributed by atoms with Crippen LogP contribution in [0.15, 0.2) is 84.9 Å². The van der Waals surface area contributed by atoms with Gasteiger partial charge in [-0.1, -0.05) is 24.3 Å². The first-order valence-electron chi connectivity index (χ1n) is 12.2. The Morgan fingerprint density at radius 1 is 0.538 bits per heavy atom. The first kappa shape index (κ1) is 27.1. The maximum absolute atomic E-state index is 12.8. The summed E-state index contributed by atoms with van der Waals surface area (Å²) < 4.78 is 21.0. The minimum absolute atomic E-state index is 0.271. The molecular weight excluding hydrogens is 496 g/mol. The number of anilines is 2. The van der Waals surface area contributed by atoms with Gasteiger partial charge in [0.05, 0.1) is 39.6 Å². The van der Waals surface area contributed by atoms with Gasteiger partial charge in [0, 0.05) is 23.5 Å². The number of ether oxygens (including phenoxy) is 4. The molecule has 0 saturated heterocycles. The molecule has 0 aromatic heterocycles. The summed E-state index contributed by atoms with van der Waals surface area (Å²) in [5, 5.41) is 5.80. The third-order valence-electron chi connectivity index (χ3n) is 6.14. The van der Waals surface area contributed by atoms with Crippen LogP contribution in [0.2, 0.25) is 0 Å². The Balaban J connectivity index is 1.36. The lowest BCUT2D eigenvalue weighted by molar-refractivity contribution is 0.101. The molecule has 4 rings (SSSR count). The molecule has 0 bridgehead atoms. The van der Waals surface area contributed by atoms with Crippen LogP contribution in [-0.4, -0.2) is 40.3 Å². The molecule has 0 fully saturated rings. The Morgan fingerprint density at radius 2 is 0.923 bits per heavy atom. The molecule has 0 aliphatic heterocycles. The number of carbonyl (C=O) groups is 2. The molecule has 4 aromatic carbocycles. The normalized spacial score (nSPS) is 10.4. The Bertz CT molecular complexity index is 1340. The van der Waals surface area contributed by atoms with Crippen LogP contribution in [-0.2, 0) is 6.42 Å². The molecule has 39 heavy (non-hydrogen) atoms. The molecule has 0 heterocycles. The molecule has 0 aliphatic carbocycles. The van der Waals surface area contributed by atoms with Crippen LogP contribution in [0.4, 0.5) is 11.4 Å². The number of benzene rings is 4. The minimum Gasteiger partial charge on any atom is -0.497 e. The quantitative estimate of drug-likeness (QED) is 0.271. The summed E-state index contributed by atoms with van der Waals surface area (Å²) in [5.74, 6) is 1.55. The molecule has 0 unspecified atom stereocenters. The monoisotopic (exact) mass is 526 g/mol. The second kappa shape index (κ2) is 12.5. The van der Waals surface area contributed by atoms with Crippen molar-refractivity contribution in [3.63, 3.8) is 0 Å². The van der Waals surface area contributed by atoms with Gasteiger partial charge < -0.3 is 29.6 Å². The van der Waals surface area contributed by atoms with Gasteiger partial charge in [-0.3, -0.25) is 9.59 Å². The van der Waals surface area contributed by atoms with Gasteiger partial charge in [-0.15, -0.1) is 0 Å². The highest BCUT2D eigenvalue weighted by Gasteiger charge is 2.15. The Morgan fingerprint density at radius 3 is 1.26 bits per heavy atom. The maximum atomic E-state index is 12.8. The van der Waals surface area contributed by atoms with Gasteiger partial charge in [-0.25, -0.2) is 0 Å². The van der Waals surface area contributed by atoms with Crippen LogP contribution in [0.25, 0.3) is 0 Å². The van der Waals surface area contributed by atoms with Crippen molar-refractivity contribution in [2.24, 2.45) is 0 Å². The average Bonchev–Trinajstić information content (AvgIpc) is 2.98. The summed E-state index contributed by atoms with van der Waals surface area (Å²) >= 11 is 0. The van der Waals surface area contributed by atoms with Gasteiger partial charge in [-0.2, -0.15) is 0 Å². The molecule has 0 radical (unpaired) electrons. The van der Waals surface area contributed by atoms with E-state index in [4.69, 9.17) is 18.9 Å². The van der Waals surface area contributed by atoms with E-state index in [1.807, 2.05) is 48.5 Å². The zero-order chi connectivity index (χ0) is 27.8. The summed E-state index contributed by atoms with van der Waals surface area (Å²) in [4.78, 5) is 25.5. The van der Waals surface area contributed by atoms with Gasteiger partial charge >= 0.3 is 0 Å². The number of hydrogen-bond acceptors (Lipinski definition) is 6. The number of amides is 2. The van der Waals surface area contributed by atoms with Crippen molar-refractivity contribution in [3.05, 3.63) is 107 Å². The highest BCUT2D eigenvalue weighted by atomic mass is 16.5. The molecule has 4 aromatic rings. The molecule has 0 atom stereocenters. The zero-order valence-electron chi connectivity index (χ0n) is 22.2. The molecule has 2 N–H and O–H groups in total. The molecule has 0 spiro atoms. The summed E-state index contributed by atoms with van der Waals surface area (Å²) in [6, 6.07) is 25.4. The standard InChI is InChI=1S/C31H30N2O6/c1-36-24-13-15-26(28(18-24)38-3)30(34)32-22-9-5-20(6-10-22)17-21-7-11-23(12-8-21)33-31(35)27-16-14-25(37-2)19-29(27)39-4/h5-16,18-19H,17H2,1-4H3,(H,32,34)(H,33,35). The van der Waals surface area contributed by atoms with E-state index in [1.165, 1.54) is 14.2 Å². The lowest BCUT2D eigenvalue weighted by Gasteiger charge is -2.12. The van der Waals surface area contributed by atoms with Crippen molar-refractivity contribution >= 4 is 23.2 Å². The van der Waals surface area contributed by atoms with Crippen LogP contribution in [0, 0.1) is 0 Å². The highest BCUT2D eigenvalue weighted by molar-refractivity contribution is 6.07. The van der Waals surface area contributed by atoms with Gasteiger partial charge in [0.1, 0.15) is 23.0 Å². The lowest BCUT2D eigenvalue weighted by Crippen LogP contribution is -2.13. The molecule has 0 aliphatic rings. The summed E-state index contributed by atoms with van der Waals surface area (Å²) in [6.07, 6.45) is 0.695. The maximum Gasteiger partial charge on any atom is 0.259 e. The Hall–Kier alpha value is -4.98. The number of methoxy groups -OCH3 is 4. The zero-order valence-corrected chi connectivity index (χ0v) is 22.2. The van der Waals surface area contributed by atoms with E-state index in [0.717, 1.165) is 11.1 Å². The van der Waals surface area contributed by atoms with E-state index in [-0.39, 0.29) is 11.8 Å². The fourth-order valence-electron chi connectivity index (χ4n) is 4.02. The van der Waals surface area contributed by atoms with Gasteiger partial charge in [-0.05, 0) is 66.1 Å². The second-order valence-electron chi connectivity index (χ2n) is 8.61. The van der Waals surface area contributed by atoms with Gasteiger partial charge in [0.2, 0.25) is 0 Å². The third-order valence-corrected chi connectivity index (χ3v) is 6.14.